The maximum absolute atomic E-state index is 12.9. The fraction of sp³-hybridized carbons (Fsp3) is 0.179. The minimum atomic E-state index is -0.134. The van der Waals surface area contributed by atoms with Gasteiger partial charge in [0.25, 0.3) is 5.91 Å². The first-order valence-electron chi connectivity index (χ1n) is 11.5. The lowest BCUT2D eigenvalue weighted by molar-refractivity contribution is -0.128. The van der Waals surface area contributed by atoms with Gasteiger partial charge in [0.2, 0.25) is 5.91 Å². The van der Waals surface area contributed by atoms with Crippen molar-refractivity contribution in [3.05, 3.63) is 119 Å². The van der Waals surface area contributed by atoms with Crippen LogP contribution in [-0.4, -0.2) is 32.0 Å². The molecule has 0 saturated carbocycles. The number of thioether (sulfide) groups is 1. The van der Waals surface area contributed by atoms with Crippen LogP contribution in [0.5, 0.6) is 0 Å². The maximum atomic E-state index is 12.9. The summed E-state index contributed by atoms with van der Waals surface area (Å²) in [6, 6.07) is 25.6. The number of para-hydroxylation sites is 1. The number of rotatable bonds is 7. The first kappa shape index (κ1) is 22.9. The van der Waals surface area contributed by atoms with Crippen molar-refractivity contribution >= 4 is 23.6 Å². The smallest absolute Gasteiger partial charge is 0.251 e. The second-order valence-corrected chi connectivity index (χ2v) is 9.52. The van der Waals surface area contributed by atoms with Crippen LogP contribution in [0.3, 0.4) is 0 Å². The Kier molecular flexibility index (Phi) is 6.68. The molecule has 0 radical (unpaired) electrons. The molecule has 1 atom stereocenters. The zero-order valence-electron chi connectivity index (χ0n) is 19.4. The topological polar surface area (TPSA) is 67.2 Å². The van der Waals surface area contributed by atoms with Gasteiger partial charge < -0.3 is 14.8 Å². The molecule has 1 aliphatic rings. The highest BCUT2D eigenvalue weighted by Crippen LogP contribution is 2.39. The van der Waals surface area contributed by atoms with Crippen LogP contribution in [0.2, 0.25) is 0 Å². The van der Waals surface area contributed by atoms with Gasteiger partial charge in [0.05, 0.1) is 11.4 Å². The largest absolute Gasteiger partial charge is 0.348 e. The Labute approximate surface area is 209 Å². The van der Waals surface area contributed by atoms with E-state index >= 15 is 0 Å². The number of nitrogens with one attached hydrogen (secondary N) is 1. The number of aromatic nitrogens is 2. The molecule has 6 nitrogen and oxygen atoms in total. The first-order chi connectivity index (χ1) is 17.1. The minimum Gasteiger partial charge on any atom is -0.348 e. The number of hydrogen-bond donors (Lipinski definition) is 1. The summed E-state index contributed by atoms with van der Waals surface area (Å²) >= 11 is 1.62. The molecule has 35 heavy (non-hydrogen) atoms. The lowest BCUT2D eigenvalue weighted by Gasteiger charge is -2.24. The van der Waals surface area contributed by atoms with Crippen molar-refractivity contribution in [2.75, 3.05) is 5.75 Å². The third-order valence-electron chi connectivity index (χ3n) is 6.14. The Morgan fingerprint density at radius 3 is 2.51 bits per heavy atom. The van der Waals surface area contributed by atoms with Crippen molar-refractivity contribution in [1.82, 2.24) is 19.8 Å². The predicted molar refractivity (Wildman–Crippen MR) is 138 cm³/mol. The molecule has 0 spiro atoms. The number of carbonyl (C=O) groups is 2. The molecule has 5 rings (SSSR count). The average Bonchev–Trinajstić information content (AvgIpc) is 3.48. The van der Waals surface area contributed by atoms with Crippen LogP contribution in [0.4, 0.5) is 0 Å². The van der Waals surface area contributed by atoms with E-state index in [2.05, 4.69) is 10.3 Å². The van der Waals surface area contributed by atoms with Gasteiger partial charge in [-0.25, -0.2) is 4.98 Å². The molecule has 1 N–H and O–H groups in total. The number of aryl methyl sites for hydroxylation is 1. The molecule has 4 aromatic rings. The van der Waals surface area contributed by atoms with Gasteiger partial charge in [-0.3, -0.25) is 9.59 Å². The Bertz CT molecular complexity index is 1330. The molecular formula is C28H26N4O2S. The van der Waals surface area contributed by atoms with E-state index in [0.717, 1.165) is 28.2 Å². The van der Waals surface area contributed by atoms with Crippen LogP contribution in [0.1, 0.15) is 38.2 Å². The van der Waals surface area contributed by atoms with E-state index in [1.807, 2.05) is 101 Å². The Balaban J connectivity index is 1.26. The highest BCUT2D eigenvalue weighted by Gasteiger charge is 2.32. The third kappa shape index (κ3) is 5.00. The number of benzene rings is 3. The zero-order valence-corrected chi connectivity index (χ0v) is 20.2. The van der Waals surface area contributed by atoms with E-state index in [-0.39, 0.29) is 17.2 Å². The summed E-state index contributed by atoms with van der Waals surface area (Å²) in [5.41, 5.74) is 4.73. The van der Waals surface area contributed by atoms with Crippen LogP contribution in [0.25, 0.3) is 5.69 Å². The summed E-state index contributed by atoms with van der Waals surface area (Å²) in [5, 5.41) is 2.98. The summed E-state index contributed by atoms with van der Waals surface area (Å²) in [5.74, 6) is 1.36. The van der Waals surface area contributed by atoms with E-state index in [1.54, 1.807) is 18.0 Å². The van der Waals surface area contributed by atoms with Crippen molar-refractivity contribution in [3.8, 4) is 5.69 Å². The van der Waals surface area contributed by atoms with E-state index in [9.17, 15) is 9.59 Å². The number of amides is 2. The summed E-state index contributed by atoms with van der Waals surface area (Å²) in [4.78, 5) is 31.6. The number of nitrogens with zero attached hydrogens (tertiary/aromatic N) is 3. The number of hydrogen-bond acceptors (Lipinski definition) is 4. The van der Waals surface area contributed by atoms with Crippen LogP contribution in [0, 0.1) is 6.92 Å². The molecule has 1 fully saturated rings. The first-order valence-corrected chi connectivity index (χ1v) is 12.6. The van der Waals surface area contributed by atoms with Gasteiger partial charge in [-0.2, -0.15) is 0 Å². The molecule has 3 aromatic carbocycles. The molecule has 7 heteroatoms. The molecule has 0 bridgehead atoms. The monoisotopic (exact) mass is 482 g/mol. The molecule has 2 amide bonds. The van der Waals surface area contributed by atoms with Crippen molar-refractivity contribution in [2.24, 2.45) is 0 Å². The van der Waals surface area contributed by atoms with Gasteiger partial charge in [-0.05, 0) is 41.8 Å². The van der Waals surface area contributed by atoms with E-state index in [4.69, 9.17) is 0 Å². The molecule has 176 valence electrons. The van der Waals surface area contributed by atoms with Crippen LogP contribution in [-0.2, 0) is 17.9 Å². The quantitative estimate of drug-likeness (QED) is 0.408. The Morgan fingerprint density at radius 2 is 1.77 bits per heavy atom. The van der Waals surface area contributed by atoms with E-state index in [0.29, 0.717) is 24.4 Å². The second-order valence-electron chi connectivity index (χ2n) is 8.45. The van der Waals surface area contributed by atoms with Crippen molar-refractivity contribution < 1.29 is 9.59 Å². The van der Waals surface area contributed by atoms with Gasteiger partial charge in [-0.1, -0.05) is 60.7 Å². The summed E-state index contributed by atoms with van der Waals surface area (Å²) in [6.07, 6.45) is 3.69. The highest BCUT2D eigenvalue weighted by molar-refractivity contribution is 8.00. The van der Waals surface area contributed by atoms with Gasteiger partial charge in [0, 0.05) is 31.0 Å². The minimum absolute atomic E-state index is 0.0508. The van der Waals surface area contributed by atoms with Crippen molar-refractivity contribution in [3.63, 3.8) is 0 Å². The predicted octanol–water partition coefficient (Wildman–Crippen LogP) is 4.88. The van der Waals surface area contributed by atoms with Crippen LogP contribution < -0.4 is 5.32 Å². The van der Waals surface area contributed by atoms with Gasteiger partial charge in [0.15, 0.2) is 0 Å². The normalized spacial score (nSPS) is 15.4. The molecule has 1 aliphatic heterocycles. The van der Waals surface area contributed by atoms with Crippen molar-refractivity contribution in [1.29, 1.82) is 0 Å². The Hall–Kier alpha value is -3.84. The molecular weight excluding hydrogens is 456 g/mol. The summed E-state index contributed by atoms with van der Waals surface area (Å²) in [7, 11) is 0. The van der Waals surface area contributed by atoms with Crippen molar-refractivity contribution in [2.45, 2.75) is 25.4 Å². The highest BCUT2D eigenvalue weighted by atomic mass is 32.2. The molecule has 1 aromatic heterocycles. The number of imidazole rings is 1. The standard InChI is InChI=1S/C28H26N4O2S/c1-20-29-15-16-31(20)25-10-6-5-9-24(25)17-30-27(34)22-11-13-23(14-12-22)28-32(26(33)19-35-28)18-21-7-3-2-4-8-21/h2-16,28H,17-19H2,1H3,(H,30,34)/t28-/m0/s1. The molecule has 0 unspecified atom stereocenters. The number of carbonyl (C=O) groups excluding carboxylic acids is 2. The molecule has 1 saturated heterocycles. The van der Waals surface area contributed by atoms with Crippen LogP contribution in [0.15, 0.2) is 91.3 Å². The van der Waals surface area contributed by atoms with Crippen LogP contribution >= 0.6 is 11.8 Å². The second kappa shape index (κ2) is 10.2. The molecule has 0 aliphatic carbocycles. The van der Waals surface area contributed by atoms with E-state index in [1.165, 1.54) is 0 Å². The maximum Gasteiger partial charge on any atom is 0.251 e. The fourth-order valence-electron chi connectivity index (χ4n) is 4.29. The van der Waals surface area contributed by atoms with E-state index < -0.39 is 0 Å². The van der Waals surface area contributed by atoms with Gasteiger partial charge in [0.1, 0.15) is 11.2 Å². The average molecular weight is 483 g/mol. The van der Waals surface area contributed by atoms with Gasteiger partial charge in [-0.15, -0.1) is 11.8 Å². The Morgan fingerprint density at radius 1 is 1.03 bits per heavy atom. The lowest BCUT2D eigenvalue weighted by Crippen LogP contribution is -2.27. The SMILES string of the molecule is Cc1nccn1-c1ccccc1CNC(=O)c1ccc([C@@H]2SCC(=O)N2Cc2ccccc2)cc1. The lowest BCUT2D eigenvalue weighted by atomic mass is 10.1. The fourth-order valence-corrected chi connectivity index (χ4v) is 5.47. The van der Waals surface area contributed by atoms with Gasteiger partial charge >= 0.3 is 0 Å². The summed E-state index contributed by atoms with van der Waals surface area (Å²) in [6.45, 7) is 2.94. The third-order valence-corrected chi connectivity index (χ3v) is 7.39. The zero-order chi connectivity index (χ0) is 24.2. The summed E-state index contributed by atoms with van der Waals surface area (Å²) < 4.78 is 2.01. The molecule has 2 heterocycles.